The van der Waals surface area contributed by atoms with Crippen molar-refractivity contribution in [3.8, 4) is 17.2 Å². The summed E-state index contributed by atoms with van der Waals surface area (Å²) >= 11 is 37.7. The number of rotatable bonds is 32. The molecular weight excluding hydrogens is 1470 g/mol. The molecule has 99 heavy (non-hydrogen) atoms. The zero-order valence-corrected chi connectivity index (χ0v) is 67.9. The average molecular weight is 1570 g/mol. The van der Waals surface area contributed by atoms with Gasteiger partial charge in [-0.3, -0.25) is 14.4 Å². The van der Waals surface area contributed by atoms with Crippen molar-refractivity contribution >= 4 is 153 Å². The van der Waals surface area contributed by atoms with Gasteiger partial charge in [0.05, 0.1) is 56.4 Å². The number of aromatic amines is 1. The van der Waals surface area contributed by atoms with Gasteiger partial charge in [0, 0.05) is 78.0 Å². The van der Waals surface area contributed by atoms with Gasteiger partial charge < -0.3 is 83.3 Å². The number of fused-ring (bicyclic) bond motifs is 3. The van der Waals surface area contributed by atoms with Gasteiger partial charge in [-0.25, -0.2) is 15.0 Å². The van der Waals surface area contributed by atoms with Crippen LogP contribution in [-0.2, 0) is 76.1 Å². The largest absolute Gasteiger partial charge is 0.504 e. The minimum Gasteiger partial charge on any atom is -0.504 e. The number of hydrogen-bond acceptors (Lipinski definition) is 17. The highest BCUT2D eigenvalue weighted by atomic mass is 35.5. The van der Waals surface area contributed by atoms with E-state index in [1.165, 1.54) is 0 Å². The number of ether oxygens (including phenoxy) is 8. The molecule has 6 aromatic rings. The summed E-state index contributed by atoms with van der Waals surface area (Å²) in [6.45, 7) is 32.4. The van der Waals surface area contributed by atoms with E-state index in [1.54, 1.807) is 18.2 Å². The molecule has 0 saturated carbocycles. The van der Waals surface area contributed by atoms with Crippen molar-refractivity contribution < 1.29 is 67.6 Å². The van der Waals surface area contributed by atoms with Crippen LogP contribution in [0.15, 0.2) is 18.2 Å². The summed E-state index contributed by atoms with van der Waals surface area (Å²) in [7, 11) is -4.70. The van der Waals surface area contributed by atoms with E-state index in [-0.39, 0.29) is 103 Å². The number of imidazole rings is 3. The van der Waals surface area contributed by atoms with Gasteiger partial charge in [0.2, 0.25) is 17.7 Å². The van der Waals surface area contributed by atoms with E-state index in [0.29, 0.717) is 137 Å². The Bertz CT molecular complexity index is 3600. The van der Waals surface area contributed by atoms with Crippen molar-refractivity contribution in [1.82, 2.24) is 45.0 Å². The Morgan fingerprint density at radius 1 is 0.495 bits per heavy atom. The van der Waals surface area contributed by atoms with Crippen LogP contribution < -0.4 is 25.4 Å². The molecule has 554 valence electrons. The molecule has 3 aliphatic rings. The lowest BCUT2D eigenvalue weighted by atomic mass is 10.1. The zero-order valence-electron chi connectivity index (χ0n) is 59.4. The molecule has 3 amide bonds. The lowest BCUT2D eigenvalue weighted by molar-refractivity contribution is -0.124. The number of H-pyrrole nitrogens is 1. The van der Waals surface area contributed by atoms with E-state index in [2.05, 4.69) is 109 Å². The molecule has 23 nitrogen and oxygen atoms in total. The minimum absolute atomic E-state index is 0.0197. The van der Waals surface area contributed by atoms with Crippen LogP contribution in [0.25, 0.3) is 33.1 Å². The molecule has 3 saturated heterocycles. The summed E-state index contributed by atoms with van der Waals surface area (Å²) < 4.78 is 50.6. The number of aliphatic hydroxyl groups excluding tert-OH is 2. The number of nitrogens with zero attached hydrogens (tertiary/aromatic N) is 5. The molecule has 0 radical (unpaired) electrons. The Kier molecular flexibility index (Phi) is 33.9. The molecule has 3 aromatic carbocycles. The van der Waals surface area contributed by atoms with Crippen molar-refractivity contribution in [3.63, 3.8) is 0 Å². The number of halogens is 6. The fourth-order valence-corrected chi connectivity index (χ4v) is 14.3. The summed E-state index contributed by atoms with van der Waals surface area (Å²) in [6.07, 6.45) is 6.94. The van der Waals surface area contributed by atoms with Crippen LogP contribution in [0, 0.1) is 0 Å². The number of nitrogens with one attached hydrogen (secondary N) is 4. The van der Waals surface area contributed by atoms with Gasteiger partial charge in [0.1, 0.15) is 109 Å². The summed E-state index contributed by atoms with van der Waals surface area (Å²) in [4.78, 5) is 50.4. The minimum atomic E-state index is -1.23. The molecular formula is C66H103Cl6N9O14Si4. The lowest BCUT2D eigenvalue weighted by Gasteiger charge is -2.23. The molecule has 0 bridgehead atoms. The van der Waals surface area contributed by atoms with Gasteiger partial charge in [-0.05, 0) is 80.9 Å². The fraction of sp³-hybridized carbons (Fsp3) is 0.636. The molecule has 6 heterocycles. The lowest BCUT2D eigenvalue weighted by Crippen LogP contribution is -2.42. The van der Waals surface area contributed by atoms with E-state index in [1.807, 2.05) is 9.13 Å². The van der Waals surface area contributed by atoms with E-state index >= 15 is 0 Å². The van der Waals surface area contributed by atoms with Gasteiger partial charge in [-0.2, -0.15) is 0 Å². The number of piperidine rings is 3. The third kappa shape index (κ3) is 28.3. The second kappa shape index (κ2) is 39.9. The molecule has 9 rings (SSSR count). The normalized spacial score (nSPS) is 16.9. The van der Waals surface area contributed by atoms with E-state index in [9.17, 15) is 24.6 Å². The molecule has 3 fully saturated rings. The number of phenolic OH excluding ortho intramolecular Hbond substituents is 1. The van der Waals surface area contributed by atoms with Crippen molar-refractivity contribution in [2.24, 2.45) is 0 Å². The van der Waals surface area contributed by atoms with Crippen LogP contribution in [0.3, 0.4) is 0 Å². The number of aliphatic hydroxyl groups is 2. The predicted octanol–water partition coefficient (Wildman–Crippen LogP) is 14.8. The number of amides is 3. The Hall–Kier alpha value is -3.83. The first-order chi connectivity index (χ1) is 46.6. The number of hydrogen-bond donors (Lipinski definition) is 7. The second-order valence-electron chi connectivity index (χ2n) is 29.8. The van der Waals surface area contributed by atoms with Crippen LogP contribution in [0.4, 0.5) is 0 Å². The quantitative estimate of drug-likeness (QED) is 0.0117. The van der Waals surface area contributed by atoms with Crippen molar-refractivity contribution in [2.75, 3.05) is 59.8 Å². The SMILES string of the molecule is C[Si](C)(C)CCOCOCc1nc2c(O)c(Cl)c(Cl)cc2n1COCC[Si](C)(C)C.C[Si](C)(C)CCOCOCc1nc2c(OCC3CCCC(=O)N3)c(Cl)c(Cl)cc2n1COCC[Si](C)(C)C.O=C1CCCC(CO)N1.O=C1CCCC(COc2c(Cl)c(Cl)cc3[nH]c(CO)nc23)N1. The number of aromatic nitrogens is 6. The van der Waals surface area contributed by atoms with Crippen molar-refractivity contribution in [1.29, 1.82) is 0 Å². The molecule has 3 aliphatic heterocycles. The number of benzene rings is 3. The Balaban J connectivity index is 0.000000225. The van der Waals surface area contributed by atoms with E-state index < -0.39 is 32.3 Å². The van der Waals surface area contributed by atoms with Gasteiger partial charge in [-0.1, -0.05) is 148 Å². The zero-order chi connectivity index (χ0) is 72.8. The van der Waals surface area contributed by atoms with Crippen molar-refractivity contribution in [3.05, 3.63) is 65.8 Å². The molecule has 3 atom stereocenters. The third-order valence-corrected chi connectivity index (χ3v) is 25.2. The standard InChI is InChI=1S/C26H43Cl2N3O5Si2.C20H34Cl2N2O4Si2.C14H15Cl2N3O3.C6H11NO2/c1-37(2,3)12-10-33-17-31-21-14-20(27)24(28)26(36-15-19-8-7-9-23(32)29-19)25(21)30-22(31)16-35-18-34-11-13-38(4,5)6;1-29(2,3)9-7-26-13-24-16-11-15(21)18(22)20(25)19(16)23-17(24)12-28-14-27-8-10-30(4,5)6;15-8-4-9-13(19-10(5-20)18-9)14(12(8)16)22-6-7-2-1-3-11(21)17-7;8-4-5-2-1-3-6(9)7-5/h14,19H,7-13,15-18H2,1-6H3,(H,29,32);11,25H,7-10,12-14H2,1-6H3;4,7,20H,1-3,5-6H2,(H,17,21)(H,18,19);5,8H,1-4H2,(H,7,9). The second-order valence-corrected chi connectivity index (χ2v) is 54.6. The predicted molar refractivity (Wildman–Crippen MR) is 404 cm³/mol. The summed E-state index contributed by atoms with van der Waals surface area (Å²) in [6, 6.07) is 9.31. The highest BCUT2D eigenvalue weighted by Crippen LogP contribution is 2.42. The summed E-state index contributed by atoms with van der Waals surface area (Å²) in [5, 5.41) is 38.3. The molecule has 0 aliphatic carbocycles. The smallest absolute Gasteiger partial charge is 0.220 e. The average Bonchev–Trinajstić information content (AvgIpc) is 1.65. The maximum atomic E-state index is 11.8. The van der Waals surface area contributed by atoms with Crippen LogP contribution in [-0.4, -0.2) is 172 Å². The number of carbonyl (C=O) groups excluding carboxylic acids is 3. The topological polar surface area (TPSA) is 286 Å². The Morgan fingerprint density at radius 3 is 1.29 bits per heavy atom. The monoisotopic (exact) mass is 1570 g/mol. The fourth-order valence-electron chi connectivity index (χ4n) is 10.1. The number of aromatic hydroxyl groups is 1. The van der Waals surface area contributed by atoms with Crippen LogP contribution >= 0.6 is 69.6 Å². The Morgan fingerprint density at radius 2 is 0.879 bits per heavy atom. The highest BCUT2D eigenvalue weighted by Gasteiger charge is 2.27. The maximum absolute atomic E-state index is 11.8. The van der Waals surface area contributed by atoms with Gasteiger partial charge >= 0.3 is 0 Å². The first kappa shape index (κ1) is 84.1. The highest BCUT2D eigenvalue weighted by molar-refractivity contribution is 6.77. The third-order valence-electron chi connectivity index (χ3n) is 16.1. The van der Waals surface area contributed by atoms with Crippen molar-refractivity contribution in [2.45, 2.75) is 212 Å². The van der Waals surface area contributed by atoms with Crippen LogP contribution in [0.1, 0.15) is 75.3 Å². The summed E-state index contributed by atoms with van der Waals surface area (Å²) in [5.41, 5.74) is 3.55. The van der Waals surface area contributed by atoms with Gasteiger partial charge in [0.15, 0.2) is 17.2 Å². The van der Waals surface area contributed by atoms with E-state index in [4.69, 9.17) is 118 Å². The number of carbonyl (C=O) groups is 3. The van der Waals surface area contributed by atoms with Crippen LogP contribution in [0.5, 0.6) is 17.2 Å². The molecule has 33 heteroatoms. The summed E-state index contributed by atoms with van der Waals surface area (Å²) in [5.74, 6) is 2.49. The maximum Gasteiger partial charge on any atom is 0.220 e. The van der Waals surface area contributed by atoms with Gasteiger partial charge in [-0.15, -0.1) is 0 Å². The first-order valence-electron chi connectivity index (χ1n) is 33.8. The van der Waals surface area contributed by atoms with Crippen LogP contribution in [0.2, 0.25) is 133 Å². The molecule has 3 aromatic heterocycles. The Labute approximate surface area is 615 Å². The first-order valence-corrected chi connectivity index (χ1v) is 50.8. The van der Waals surface area contributed by atoms with Gasteiger partial charge in [0.25, 0.3) is 0 Å². The number of phenols is 1. The molecule has 7 N–H and O–H groups in total. The van der Waals surface area contributed by atoms with E-state index in [0.717, 1.165) is 68.2 Å². The molecule has 3 unspecified atom stereocenters. The molecule has 0 spiro atoms.